The van der Waals surface area contributed by atoms with Crippen LogP contribution in [0.2, 0.25) is 0 Å². The number of aryl methyl sites for hydroxylation is 3. The van der Waals surface area contributed by atoms with Crippen molar-refractivity contribution in [3.8, 4) is 85.2 Å². The monoisotopic (exact) mass is 1250 g/mol. The van der Waals surface area contributed by atoms with Gasteiger partial charge in [-0.1, -0.05) is 159 Å². The Kier molecular flexibility index (Phi) is 16.5. The number of nitriles is 2. The van der Waals surface area contributed by atoms with Crippen molar-refractivity contribution >= 4 is 21.9 Å². The summed E-state index contributed by atoms with van der Waals surface area (Å²) in [6.07, 6.45) is 9.12. The second-order valence-electron chi connectivity index (χ2n) is 23.5. The Bertz CT molecular complexity index is 4140. The van der Waals surface area contributed by atoms with Crippen LogP contribution in [0.1, 0.15) is 126 Å². The van der Waals surface area contributed by atoms with Crippen LogP contribution in [0.4, 0.5) is 0 Å². The number of rotatable bonds is 9. The van der Waals surface area contributed by atoms with Gasteiger partial charge in [-0.15, -0.1) is 71.8 Å². The first-order chi connectivity index (χ1) is 38.6. The minimum absolute atomic E-state index is 0. The van der Waals surface area contributed by atoms with E-state index in [9.17, 15) is 10.5 Å². The van der Waals surface area contributed by atoms with Crippen molar-refractivity contribution in [1.82, 2.24) is 29.5 Å². The molecule has 11 heteroatoms. The summed E-state index contributed by atoms with van der Waals surface area (Å²) in [5, 5.41) is 21.0. The third-order valence-corrected chi connectivity index (χ3v) is 14.4. The van der Waals surface area contributed by atoms with Gasteiger partial charge in [-0.05, 0) is 105 Å². The number of benzene rings is 6. The molecule has 10 nitrogen and oxygen atoms in total. The van der Waals surface area contributed by atoms with Gasteiger partial charge in [-0.3, -0.25) is 0 Å². The van der Waals surface area contributed by atoms with E-state index in [-0.39, 0.29) is 42.8 Å². The predicted molar refractivity (Wildman–Crippen MR) is 322 cm³/mol. The molecule has 0 N–H and O–H groups in total. The van der Waals surface area contributed by atoms with Gasteiger partial charge in [-0.2, -0.15) is 10.5 Å². The summed E-state index contributed by atoms with van der Waals surface area (Å²) >= 11 is 0. The molecule has 0 saturated heterocycles. The van der Waals surface area contributed by atoms with Crippen molar-refractivity contribution < 1.29 is 29.1 Å². The first-order valence-electron chi connectivity index (χ1n) is 27.4. The summed E-state index contributed by atoms with van der Waals surface area (Å²) in [5.41, 5.74) is 18.0. The van der Waals surface area contributed by atoms with Gasteiger partial charge in [0.1, 0.15) is 17.2 Å². The molecular formula is C71H64IrN9O-3. The second kappa shape index (κ2) is 23.4. The molecule has 82 heavy (non-hydrogen) atoms. The van der Waals surface area contributed by atoms with Crippen molar-refractivity contribution in [2.24, 2.45) is 7.05 Å². The van der Waals surface area contributed by atoms with Crippen LogP contribution in [0, 0.1) is 61.0 Å². The first kappa shape index (κ1) is 57.9. The summed E-state index contributed by atoms with van der Waals surface area (Å²) in [4.78, 5) is 24.4. The SMILES string of the molecule is CC(C)c1cc(-c2ccccc2)cc(C(C)C)c1-c1cc(-c2[c-]ccc(C#N)c2)nc(-c2[c-]ccc(C#N)c2)c1.Cc1cnc(-c2[c-]c(-n3[c-][n+](C)cc3)cc3c2oc2cc(-c4nc(C(C)(C)C)nc(C(C)(C)C)n4)ccc23)cc1C.[Ir]. The number of hydrogen-bond donors (Lipinski definition) is 0. The van der Waals surface area contributed by atoms with Crippen molar-refractivity contribution in [2.45, 2.75) is 106 Å². The molecule has 11 aromatic rings. The molecule has 0 fully saturated rings. The smallest absolute Gasteiger partial charge is 0.241 e. The van der Waals surface area contributed by atoms with Gasteiger partial charge in [-0.25, -0.2) is 15.0 Å². The number of aromatic nitrogens is 7. The molecule has 0 aliphatic rings. The number of imidazole rings is 1. The molecule has 0 atom stereocenters. The number of furan rings is 1. The zero-order valence-corrected chi connectivity index (χ0v) is 51.1. The van der Waals surface area contributed by atoms with Crippen LogP contribution in [0.5, 0.6) is 0 Å². The fraction of sp³-hybridized carbons (Fsp3) is 0.239. The Balaban J connectivity index is 0.000000195. The van der Waals surface area contributed by atoms with Crippen molar-refractivity contribution in [2.75, 3.05) is 0 Å². The average molecular weight is 1250 g/mol. The maximum atomic E-state index is 9.53. The molecule has 0 amide bonds. The van der Waals surface area contributed by atoms with Crippen LogP contribution in [-0.2, 0) is 38.0 Å². The van der Waals surface area contributed by atoms with E-state index in [2.05, 4.69) is 193 Å². The van der Waals surface area contributed by atoms with E-state index >= 15 is 0 Å². The van der Waals surface area contributed by atoms with E-state index in [0.29, 0.717) is 17.0 Å². The fourth-order valence-corrected chi connectivity index (χ4v) is 9.77. The van der Waals surface area contributed by atoms with Crippen LogP contribution >= 0.6 is 0 Å². The second-order valence-corrected chi connectivity index (χ2v) is 23.5. The van der Waals surface area contributed by atoms with Gasteiger partial charge in [0.2, 0.25) is 6.33 Å². The number of fused-ring (bicyclic) bond motifs is 3. The number of nitrogens with zero attached hydrogens (tertiary/aromatic N) is 9. The quantitative estimate of drug-likeness (QED) is 0.103. The van der Waals surface area contributed by atoms with E-state index in [1.54, 1.807) is 24.3 Å². The molecular weight excluding hydrogens is 1190 g/mol. The van der Waals surface area contributed by atoms with E-state index in [1.807, 2.05) is 59.0 Å². The maximum absolute atomic E-state index is 9.53. The Morgan fingerprint density at radius 2 is 1.21 bits per heavy atom. The molecule has 0 aliphatic carbocycles. The summed E-state index contributed by atoms with van der Waals surface area (Å²) in [6.45, 7) is 25.8. The van der Waals surface area contributed by atoms with E-state index in [4.69, 9.17) is 29.3 Å². The topological polar surface area (TPSA) is 134 Å². The first-order valence-corrected chi connectivity index (χ1v) is 27.4. The largest absolute Gasteiger partial charge is 0.501 e. The van der Waals surface area contributed by atoms with E-state index in [1.165, 1.54) is 33.4 Å². The molecule has 0 spiro atoms. The molecule has 0 bridgehead atoms. The van der Waals surface area contributed by atoms with Crippen LogP contribution in [-0.4, -0.2) is 29.5 Å². The predicted octanol–water partition coefficient (Wildman–Crippen LogP) is 16.3. The van der Waals surface area contributed by atoms with E-state index in [0.717, 1.165) is 89.7 Å². The minimum atomic E-state index is -0.215. The van der Waals surface area contributed by atoms with Crippen LogP contribution < -0.4 is 4.57 Å². The van der Waals surface area contributed by atoms with Crippen LogP contribution in [0.15, 0.2) is 144 Å². The fourth-order valence-electron chi connectivity index (χ4n) is 9.77. The van der Waals surface area contributed by atoms with E-state index < -0.39 is 0 Å². The molecule has 1 radical (unpaired) electrons. The van der Waals surface area contributed by atoms with Gasteiger partial charge in [0, 0.05) is 60.5 Å². The summed E-state index contributed by atoms with van der Waals surface area (Å²) in [7, 11) is 1.95. The Morgan fingerprint density at radius 1 is 0.610 bits per heavy atom. The van der Waals surface area contributed by atoms with Crippen molar-refractivity contribution in [1.29, 1.82) is 10.5 Å². The third kappa shape index (κ3) is 12.1. The Hall–Kier alpha value is -8.73. The minimum Gasteiger partial charge on any atom is -0.501 e. The normalized spacial score (nSPS) is 11.6. The number of hydrogen-bond acceptors (Lipinski definition) is 8. The molecule has 6 aromatic carbocycles. The van der Waals surface area contributed by atoms with Crippen LogP contribution in [0.3, 0.4) is 0 Å². The summed E-state index contributed by atoms with van der Waals surface area (Å²) in [6, 6.07) is 54.9. The van der Waals surface area contributed by atoms with Gasteiger partial charge < -0.3 is 23.5 Å². The van der Waals surface area contributed by atoms with Gasteiger partial charge in [0.05, 0.1) is 24.8 Å². The third-order valence-electron chi connectivity index (χ3n) is 14.4. The number of pyridine rings is 2. The van der Waals surface area contributed by atoms with Crippen molar-refractivity contribution in [3.63, 3.8) is 0 Å². The standard InChI is InChI=1S/C37H29N3.C34H35N6O.Ir/c1-24(2)33-18-31(28-12-6-5-7-13-28)19-34(25(3)4)37(33)32-20-35(29-14-8-10-26(16-29)22-38)40-36(21-32)30-15-9-11-27(17-30)23-39;1-20-14-27(35-18-21(20)2)26-17-23(40-13-12-39(9)19-40)16-25-24-11-10-22(15-28(24)41-29(25)26)30-36-31(33(3,4)5)38-32(37-30)34(6,7)8;/h5-13,16-21,24-25H,1-4H3;10-16,18H,1-9H3;/q-2;-1;. The Labute approximate surface area is 495 Å². The zero-order chi connectivity index (χ0) is 57.5. The van der Waals surface area contributed by atoms with Crippen molar-refractivity contribution in [3.05, 3.63) is 209 Å². The molecule has 411 valence electrons. The average Bonchev–Trinajstić information content (AvgIpc) is 4.18. The maximum Gasteiger partial charge on any atom is 0.241 e. The van der Waals surface area contributed by atoms with Gasteiger partial charge in [0.15, 0.2) is 5.82 Å². The Morgan fingerprint density at radius 3 is 1.73 bits per heavy atom. The zero-order valence-electron chi connectivity index (χ0n) is 48.7. The summed E-state index contributed by atoms with van der Waals surface area (Å²) in [5.74, 6) is 2.75. The molecule has 0 unspecified atom stereocenters. The summed E-state index contributed by atoms with van der Waals surface area (Å²) < 4.78 is 10.4. The molecule has 11 rings (SSSR count). The molecule has 0 aliphatic heterocycles. The molecule has 5 aromatic heterocycles. The van der Waals surface area contributed by atoms with Gasteiger partial charge >= 0.3 is 0 Å². The molecule has 5 heterocycles. The van der Waals surface area contributed by atoms with Crippen LogP contribution in [0.25, 0.3) is 95.0 Å². The molecule has 0 saturated carbocycles. The van der Waals surface area contributed by atoms with Gasteiger partial charge in [0.25, 0.3) is 0 Å².